The third-order valence-electron chi connectivity index (χ3n) is 1.16. The van der Waals surface area contributed by atoms with Gasteiger partial charge in [0.25, 0.3) is 0 Å². The van der Waals surface area contributed by atoms with E-state index in [2.05, 4.69) is 4.74 Å². The first-order valence-corrected chi connectivity index (χ1v) is 4.72. The lowest BCUT2D eigenvalue weighted by atomic mass is 10.5. The summed E-state index contributed by atoms with van der Waals surface area (Å²) < 4.78 is 59.6. The average molecular weight is 220 g/mol. The van der Waals surface area contributed by atoms with Crippen molar-refractivity contribution in [3.05, 3.63) is 0 Å². The van der Waals surface area contributed by atoms with Crippen LogP contribution in [0.15, 0.2) is 0 Å². The molecular weight excluding hydrogens is 213 g/mol. The molecule has 0 N–H and O–H groups in total. The second-order valence-corrected chi connectivity index (χ2v) is 4.19. The van der Waals surface area contributed by atoms with Gasteiger partial charge in [0.2, 0.25) is 9.84 Å². The molecule has 0 aliphatic rings. The Bertz CT molecular complexity index is 279. The number of carbonyl (C=O) groups excluding carboxylic acids is 1. The summed E-state index contributed by atoms with van der Waals surface area (Å²) in [7, 11) is -4.24. The molecule has 0 saturated carbocycles. The normalized spacial score (nSPS) is 12.6. The Labute approximate surface area is 72.6 Å². The van der Waals surface area contributed by atoms with Crippen LogP contribution in [0.1, 0.15) is 6.42 Å². The third-order valence-corrected chi connectivity index (χ3v) is 2.60. The molecule has 0 saturated heterocycles. The Hall–Kier alpha value is -0.790. The quantitative estimate of drug-likeness (QED) is 0.649. The van der Waals surface area contributed by atoms with E-state index in [1.165, 1.54) is 0 Å². The van der Waals surface area contributed by atoms with E-state index in [1.54, 1.807) is 0 Å². The number of hydrogen-bond acceptors (Lipinski definition) is 4. The van der Waals surface area contributed by atoms with Crippen molar-refractivity contribution in [2.75, 3.05) is 12.9 Å². The Balaban J connectivity index is 4.30. The van der Waals surface area contributed by atoms with Crippen molar-refractivity contribution >= 4 is 15.8 Å². The fourth-order valence-electron chi connectivity index (χ4n) is 0.435. The molecule has 0 fully saturated rings. The van der Waals surface area contributed by atoms with Crippen molar-refractivity contribution < 1.29 is 31.1 Å². The van der Waals surface area contributed by atoms with Crippen LogP contribution in [0.5, 0.6) is 0 Å². The van der Waals surface area contributed by atoms with E-state index in [9.17, 15) is 26.4 Å². The molecule has 4 nitrogen and oxygen atoms in total. The number of sulfone groups is 1. The maximum Gasteiger partial charge on any atom is 0.497 e. The lowest BCUT2D eigenvalue weighted by Gasteiger charge is -2.06. The summed E-state index contributed by atoms with van der Waals surface area (Å²) in [6.45, 7) is 0. The van der Waals surface area contributed by atoms with Gasteiger partial charge in [-0.1, -0.05) is 0 Å². The molecule has 0 rings (SSSR count). The van der Waals surface area contributed by atoms with Crippen LogP contribution in [0.2, 0.25) is 0 Å². The van der Waals surface area contributed by atoms with Gasteiger partial charge < -0.3 is 4.74 Å². The molecule has 0 aromatic heterocycles. The first kappa shape index (κ1) is 12.2. The number of carbonyl (C=O) groups is 1. The number of rotatable bonds is 3. The Morgan fingerprint density at radius 3 is 2.15 bits per heavy atom. The highest BCUT2D eigenvalue weighted by Crippen LogP contribution is 2.24. The zero-order chi connectivity index (χ0) is 10.7. The molecule has 0 heterocycles. The molecule has 0 aliphatic heterocycles. The van der Waals surface area contributed by atoms with E-state index in [0.29, 0.717) is 0 Å². The molecule has 8 heteroatoms. The summed E-state index contributed by atoms with van der Waals surface area (Å²) in [5.41, 5.74) is -5.30. The third kappa shape index (κ3) is 3.62. The predicted octanol–water partition coefficient (Wildman–Crippen LogP) is 0.484. The van der Waals surface area contributed by atoms with Crippen molar-refractivity contribution in [2.24, 2.45) is 0 Å². The molecule has 0 amide bonds. The highest BCUT2D eigenvalue weighted by Gasteiger charge is 2.45. The zero-order valence-corrected chi connectivity index (χ0v) is 7.41. The van der Waals surface area contributed by atoms with Crippen LogP contribution in [0, 0.1) is 0 Å². The van der Waals surface area contributed by atoms with E-state index in [0.717, 1.165) is 7.11 Å². The van der Waals surface area contributed by atoms with Gasteiger partial charge in [-0.3, -0.25) is 4.79 Å². The molecule has 0 unspecified atom stereocenters. The summed E-state index contributed by atoms with van der Waals surface area (Å²) in [5.74, 6) is -2.27. The number of halogens is 3. The molecule has 0 aliphatic carbocycles. The molecule has 78 valence electrons. The van der Waals surface area contributed by atoms with Crippen LogP contribution >= 0.6 is 0 Å². The van der Waals surface area contributed by atoms with Gasteiger partial charge in [0.15, 0.2) is 0 Å². The van der Waals surface area contributed by atoms with Crippen molar-refractivity contribution in [1.82, 2.24) is 0 Å². The SMILES string of the molecule is COC(=O)CCS(=O)(=O)C(F)(F)F. The topological polar surface area (TPSA) is 60.4 Å². The van der Waals surface area contributed by atoms with Crippen LogP contribution in [-0.2, 0) is 19.4 Å². The standard InChI is InChI=1S/C5H7F3O4S/c1-12-4(9)2-3-13(10,11)5(6,7)8/h2-3H2,1H3. The fraction of sp³-hybridized carbons (Fsp3) is 0.800. The van der Waals surface area contributed by atoms with E-state index in [4.69, 9.17) is 0 Å². The lowest BCUT2D eigenvalue weighted by Crippen LogP contribution is -2.27. The summed E-state index contributed by atoms with van der Waals surface area (Å²) >= 11 is 0. The fourth-order valence-corrected chi connectivity index (χ4v) is 1.10. The Morgan fingerprint density at radius 1 is 1.38 bits per heavy atom. The number of hydrogen-bond donors (Lipinski definition) is 0. The Morgan fingerprint density at radius 2 is 1.85 bits per heavy atom. The number of methoxy groups -OCH3 is 1. The van der Waals surface area contributed by atoms with Gasteiger partial charge in [0, 0.05) is 0 Å². The Kier molecular flexibility index (Phi) is 3.71. The van der Waals surface area contributed by atoms with Gasteiger partial charge in [-0.2, -0.15) is 13.2 Å². The maximum absolute atomic E-state index is 11.6. The summed E-state index contributed by atoms with van der Waals surface area (Å²) in [6.07, 6.45) is -0.793. The predicted molar refractivity (Wildman–Crippen MR) is 36.5 cm³/mol. The van der Waals surface area contributed by atoms with Crippen LogP contribution in [0.25, 0.3) is 0 Å². The van der Waals surface area contributed by atoms with E-state index >= 15 is 0 Å². The van der Waals surface area contributed by atoms with Crippen LogP contribution in [0.4, 0.5) is 13.2 Å². The van der Waals surface area contributed by atoms with Crippen LogP contribution in [-0.4, -0.2) is 32.8 Å². The van der Waals surface area contributed by atoms with E-state index < -0.39 is 33.5 Å². The van der Waals surface area contributed by atoms with Gasteiger partial charge in [-0.05, 0) is 0 Å². The van der Waals surface area contributed by atoms with Gasteiger partial charge >= 0.3 is 11.5 Å². The molecule has 0 aromatic carbocycles. The molecular formula is C5H7F3O4S. The minimum atomic E-state index is -5.30. The number of alkyl halides is 3. The molecule has 13 heavy (non-hydrogen) atoms. The van der Waals surface area contributed by atoms with Crippen LogP contribution in [0.3, 0.4) is 0 Å². The highest BCUT2D eigenvalue weighted by molar-refractivity contribution is 7.92. The summed E-state index contributed by atoms with van der Waals surface area (Å²) in [4.78, 5) is 10.3. The smallest absolute Gasteiger partial charge is 0.469 e. The molecule has 0 aromatic rings. The average Bonchev–Trinajstić information content (AvgIpc) is 1.98. The first-order valence-electron chi connectivity index (χ1n) is 3.06. The van der Waals surface area contributed by atoms with E-state index in [1.807, 2.05) is 0 Å². The summed E-state index contributed by atoms with van der Waals surface area (Å²) in [5, 5.41) is 0. The van der Waals surface area contributed by atoms with Crippen molar-refractivity contribution in [3.8, 4) is 0 Å². The first-order chi connectivity index (χ1) is 5.70. The van der Waals surface area contributed by atoms with Gasteiger partial charge in [0.05, 0.1) is 19.3 Å². The van der Waals surface area contributed by atoms with Gasteiger partial charge in [0.1, 0.15) is 0 Å². The van der Waals surface area contributed by atoms with Crippen molar-refractivity contribution in [3.63, 3.8) is 0 Å². The second kappa shape index (κ2) is 3.95. The lowest BCUT2D eigenvalue weighted by molar-refractivity contribution is -0.140. The number of ether oxygens (including phenoxy) is 1. The van der Waals surface area contributed by atoms with Gasteiger partial charge in [-0.15, -0.1) is 0 Å². The molecule has 0 atom stereocenters. The van der Waals surface area contributed by atoms with Crippen molar-refractivity contribution in [2.45, 2.75) is 11.9 Å². The maximum atomic E-state index is 11.6. The van der Waals surface area contributed by atoms with Crippen molar-refractivity contribution in [1.29, 1.82) is 0 Å². The molecule has 0 bridgehead atoms. The number of esters is 1. The minimum Gasteiger partial charge on any atom is -0.469 e. The molecule has 0 spiro atoms. The largest absolute Gasteiger partial charge is 0.497 e. The molecule has 0 radical (unpaired) electrons. The summed E-state index contributed by atoms with van der Waals surface area (Å²) in [6, 6.07) is 0. The second-order valence-electron chi connectivity index (χ2n) is 2.09. The van der Waals surface area contributed by atoms with Gasteiger partial charge in [-0.25, -0.2) is 8.42 Å². The van der Waals surface area contributed by atoms with Crippen LogP contribution < -0.4 is 0 Å². The van der Waals surface area contributed by atoms with E-state index in [-0.39, 0.29) is 0 Å². The minimum absolute atomic E-state index is 0.793. The zero-order valence-electron chi connectivity index (χ0n) is 6.59. The monoisotopic (exact) mass is 220 g/mol. The highest BCUT2D eigenvalue weighted by atomic mass is 32.2.